The number of benzene rings is 2. The zero-order chi connectivity index (χ0) is 19.9. The van der Waals surface area contributed by atoms with Crippen molar-refractivity contribution < 1.29 is 19.0 Å². The second-order valence-corrected chi connectivity index (χ2v) is 7.81. The van der Waals surface area contributed by atoms with E-state index in [2.05, 4.69) is 5.32 Å². The molecule has 0 saturated carbocycles. The third kappa shape index (κ3) is 5.00. The molecule has 2 aromatic rings. The summed E-state index contributed by atoms with van der Waals surface area (Å²) in [4.78, 5) is 13.9. The van der Waals surface area contributed by atoms with Gasteiger partial charge in [-0.1, -0.05) is 12.1 Å². The Morgan fingerprint density at radius 1 is 1.25 bits per heavy atom. The van der Waals surface area contributed by atoms with Crippen molar-refractivity contribution in [3.05, 3.63) is 53.6 Å². The topological polar surface area (TPSA) is 56.8 Å². The predicted octanol–water partition coefficient (Wildman–Crippen LogP) is 4.47. The third-order valence-electron chi connectivity index (χ3n) is 4.83. The van der Waals surface area contributed by atoms with Gasteiger partial charge in [0.15, 0.2) is 0 Å². The van der Waals surface area contributed by atoms with Gasteiger partial charge in [-0.25, -0.2) is 0 Å². The standard InChI is InChI=1S/C22H27NO4S/c1-15(19-13-16(25-2)10-11-20(19)26-3)23-22(24)18-8-4-5-9-21(18)28-14-17-7-6-12-27-17/h4-5,8-11,13,15,17H,6-7,12,14H2,1-3H3,(H,23,24)/t15-,17+/m1/s1. The Labute approximate surface area is 170 Å². The van der Waals surface area contributed by atoms with E-state index in [9.17, 15) is 4.79 Å². The van der Waals surface area contributed by atoms with E-state index in [-0.39, 0.29) is 18.1 Å². The Bertz CT molecular complexity index is 805. The number of rotatable bonds is 8. The summed E-state index contributed by atoms with van der Waals surface area (Å²) < 4.78 is 16.5. The van der Waals surface area contributed by atoms with Crippen LogP contribution in [0.3, 0.4) is 0 Å². The lowest BCUT2D eigenvalue weighted by atomic mass is 10.1. The van der Waals surface area contributed by atoms with Crippen molar-refractivity contribution in [3.8, 4) is 11.5 Å². The van der Waals surface area contributed by atoms with Crippen LogP contribution in [0.1, 0.15) is 41.7 Å². The summed E-state index contributed by atoms with van der Waals surface area (Å²) in [5.41, 5.74) is 1.55. The molecule has 150 valence electrons. The molecule has 0 radical (unpaired) electrons. The molecule has 1 fully saturated rings. The van der Waals surface area contributed by atoms with E-state index in [4.69, 9.17) is 14.2 Å². The van der Waals surface area contributed by atoms with E-state index in [1.54, 1.807) is 26.0 Å². The van der Waals surface area contributed by atoms with Crippen LogP contribution in [0.5, 0.6) is 11.5 Å². The Balaban J connectivity index is 1.72. The molecule has 3 rings (SSSR count). The van der Waals surface area contributed by atoms with Crippen molar-refractivity contribution in [2.75, 3.05) is 26.6 Å². The molecule has 1 N–H and O–H groups in total. The number of nitrogens with one attached hydrogen (secondary N) is 1. The minimum absolute atomic E-state index is 0.104. The van der Waals surface area contributed by atoms with Gasteiger partial charge < -0.3 is 19.5 Å². The molecule has 28 heavy (non-hydrogen) atoms. The van der Waals surface area contributed by atoms with Gasteiger partial charge >= 0.3 is 0 Å². The number of methoxy groups -OCH3 is 2. The average Bonchev–Trinajstić information content (AvgIpc) is 3.25. The summed E-state index contributed by atoms with van der Waals surface area (Å²) in [7, 11) is 3.24. The van der Waals surface area contributed by atoms with Crippen LogP contribution in [0.4, 0.5) is 0 Å². The van der Waals surface area contributed by atoms with E-state index >= 15 is 0 Å². The maximum absolute atomic E-state index is 13.0. The van der Waals surface area contributed by atoms with Crippen LogP contribution >= 0.6 is 11.8 Å². The number of ether oxygens (including phenoxy) is 3. The van der Waals surface area contributed by atoms with Crippen LogP contribution in [0.25, 0.3) is 0 Å². The summed E-state index contributed by atoms with van der Waals surface area (Å²) in [5, 5.41) is 3.09. The van der Waals surface area contributed by atoms with Crippen LogP contribution in [0.15, 0.2) is 47.4 Å². The Hall–Kier alpha value is -2.18. The third-order valence-corrected chi connectivity index (χ3v) is 6.04. The summed E-state index contributed by atoms with van der Waals surface area (Å²) >= 11 is 1.68. The Kier molecular flexibility index (Phi) is 7.23. The lowest BCUT2D eigenvalue weighted by Gasteiger charge is -2.19. The highest BCUT2D eigenvalue weighted by molar-refractivity contribution is 7.99. The molecule has 0 aliphatic carbocycles. The van der Waals surface area contributed by atoms with Gasteiger partial charge in [-0.3, -0.25) is 4.79 Å². The Morgan fingerprint density at radius 2 is 2.07 bits per heavy atom. The first kappa shape index (κ1) is 20.6. The van der Waals surface area contributed by atoms with Crippen LogP contribution in [0, 0.1) is 0 Å². The fraction of sp³-hybridized carbons (Fsp3) is 0.409. The fourth-order valence-corrected chi connectivity index (χ4v) is 4.39. The van der Waals surface area contributed by atoms with E-state index < -0.39 is 0 Å². The van der Waals surface area contributed by atoms with Gasteiger partial charge in [-0.15, -0.1) is 11.8 Å². The SMILES string of the molecule is COc1ccc(OC)c([C@@H](C)NC(=O)c2ccccc2SC[C@@H]2CCCO2)c1. The number of hydrogen-bond acceptors (Lipinski definition) is 5. The van der Waals surface area contributed by atoms with Gasteiger partial charge in [-0.2, -0.15) is 0 Å². The smallest absolute Gasteiger partial charge is 0.252 e. The first-order chi connectivity index (χ1) is 13.6. The van der Waals surface area contributed by atoms with Crippen LogP contribution in [-0.4, -0.2) is 38.6 Å². The maximum Gasteiger partial charge on any atom is 0.252 e. The summed E-state index contributed by atoms with van der Waals surface area (Å²) in [6, 6.07) is 13.1. The fourth-order valence-electron chi connectivity index (χ4n) is 3.27. The molecule has 0 unspecified atom stereocenters. The Morgan fingerprint density at radius 3 is 2.79 bits per heavy atom. The molecule has 1 heterocycles. The molecular formula is C22H27NO4S. The van der Waals surface area contributed by atoms with Crippen LogP contribution in [0.2, 0.25) is 0 Å². The van der Waals surface area contributed by atoms with Crippen LogP contribution in [-0.2, 0) is 4.74 Å². The van der Waals surface area contributed by atoms with Crippen molar-refractivity contribution >= 4 is 17.7 Å². The van der Waals surface area contributed by atoms with Gasteiger partial charge in [0.25, 0.3) is 5.91 Å². The maximum atomic E-state index is 13.0. The monoisotopic (exact) mass is 401 g/mol. The van der Waals surface area contributed by atoms with Gasteiger partial charge in [-0.05, 0) is 50.1 Å². The molecule has 1 aliphatic rings. The number of thioether (sulfide) groups is 1. The molecule has 1 amide bonds. The molecule has 1 saturated heterocycles. The molecule has 0 aromatic heterocycles. The van der Waals surface area contributed by atoms with Gasteiger partial charge in [0.05, 0.1) is 31.9 Å². The molecule has 2 atom stereocenters. The van der Waals surface area contributed by atoms with Crippen molar-refractivity contribution in [3.63, 3.8) is 0 Å². The number of amides is 1. The number of carbonyl (C=O) groups is 1. The number of carbonyl (C=O) groups excluding carboxylic acids is 1. The summed E-state index contributed by atoms with van der Waals surface area (Å²) in [6.07, 6.45) is 2.49. The van der Waals surface area contributed by atoms with E-state index in [0.717, 1.165) is 47.2 Å². The molecular weight excluding hydrogens is 374 g/mol. The molecule has 6 heteroatoms. The highest BCUT2D eigenvalue weighted by Gasteiger charge is 2.20. The van der Waals surface area contributed by atoms with Gasteiger partial charge in [0.1, 0.15) is 11.5 Å². The average molecular weight is 402 g/mol. The van der Waals surface area contributed by atoms with Gasteiger partial charge in [0.2, 0.25) is 0 Å². The highest BCUT2D eigenvalue weighted by atomic mass is 32.2. The lowest BCUT2D eigenvalue weighted by molar-refractivity contribution is 0.0936. The minimum Gasteiger partial charge on any atom is -0.497 e. The first-order valence-electron chi connectivity index (χ1n) is 9.48. The predicted molar refractivity (Wildman–Crippen MR) is 112 cm³/mol. The second kappa shape index (κ2) is 9.85. The van der Waals surface area contributed by atoms with Gasteiger partial charge in [0, 0.05) is 22.8 Å². The van der Waals surface area contributed by atoms with Crippen molar-refractivity contribution in [1.82, 2.24) is 5.32 Å². The number of hydrogen-bond donors (Lipinski definition) is 1. The lowest BCUT2D eigenvalue weighted by Crippen LogP contribution is -2.27. The second-order valence-electron chi connectivity index (χ2n) is 6.75. The highest BCUT2D eigenvalue weighted by Crippen LogP contribution is 2.31. The quantitative estimate of drug-likeness (QED) is 0.662. The van der Waals surface area contributed by atoms with Crippen LogP contribution < -0.4 is 14.8 Å². The van der Waals surface area contributed by atoms with E-state index in [1.807, 2.05) is 49.4 Å². The van der Waals surface area contributed by atoms with Crippen molar-refractivity contribution in [2.45, 2.75) is 36.8 Å². The summed E-state index contributed by atoms with van der Waals surface area (Å²) in [6.45, 7) is 2.78. The normalized spacial score (nSPS) is 17.2. The van der Waals surface area contributed by atoms with Crippen molar-refractivity contribution in [1.29, 1.82) is 0 Å². The molecule has 2 aromatic carbocycles. The van der Waals surface area contributed by atoms with Crippen molar-refractivity contribution in [2.24, 2.45) is 0 Å². The molecule has 1 aliphatic heterocycles. The summed E-state index contributed by atoms with van der Waals surface area (Å²) in [5.74, 6) is 2.20. The minimum atomic E-state index is -0.228. The van der Waals surface area contributed by atoms with E-state index in [1.165, 1.54) is 0 Å². The zero-order valence-electron chi connectivity index (χ0n) is 16.6. The first-order valence-corrected chi connectivity index (χ1v) is 10.5. The molecule has 0 spiro atoms. The zero-order valence-corrected chi connectivity index (χ0v) is 17.4. The molecule has 5 nitrogen and oxygen atoms in total. The molecule has 0 bridgehead atoms. The largest absolute Gasteiger partial charge is 0.497 e. The van der Waals surface area contributed by atoms with E-state index in [0.29, 0.717) is 5.56 Å².